The Balaban J connectivity index is 0.00000243. The fraction of sp³-hybridized carbons (Fsp3) is 0.409. The lowest BCUT2D eigenvalue weighted by Gasteiger charge is -2.31. The largest absolute Gasteiger partial charge is 0.352 e. The van der Waals surface area contributed by atoms with Crippen molar-refractivity contribution in [1.82, 2.24) is 10.6 Å². The molecule has 0 saturated carbocycles. The third-order valence-electron chi connectivity index (χ3n) is 5.14. The maximum atomic E-state index is 12.7. The molecule has 1 aliphatic heterocycles. The summed E-state index contributed by atoms with van der Waals surface area (Å²) in [5.74, 6) is 0.362. The molecule has 0 radical (unpaired) electrons. The fourth-order valence-electron chi connectivity index (χ4n) is 3.66. The van der Waals surface area contributed by atoms with Crippen molar-refractivity contribution in [3.05, 3.63) is 71.8 Å². The van der Waals surface area contributed by atoms with E-state index in [-0.39, 0.29) is 30.3 Å². The number of piperidine rings is 1. The molecular formula is C22H29ClN2O. The Morgan fingerprint density at radius 1 is 1.12 bits per heavy atom. The highest BCUT2D eigenvalue weighted by atomic mass is 35.5. The zero-order valence-electron chi connectivity index (χ0n) is 15.4. The first-order valence-corrected chi connectivity index (χ1v) is 9.34. The lowest BCUT2D eigenvalue weighted by atomic mass is 9.88. The molecule has 3 nitrogen and oxygen atoms in total. The molecule has 0 spiro atoms. The smallest absolute Gasteiger partial charge is 0.220 e. The van der Waals surface area contributed by atoms with E-state index in [4.69, 9.17) is 0 Å². The van der Waals surface area contributed by atoms with Crippen LogP contribution in [0.3, 0.4) is 0 Å². The molecule has 2 aromatic rings. The van der Waals surface area contributed by atoms with Gasteiger partial charge < -0.3 is 10.6 Å². The number of hydrogen-bond donors (Lipinski definition) is 2. The monoisotopic (exact) mass is 372 g/mol. The van der Waals surface area contributed by atoms with Crippen LogP contribution in [-0.2, 0) is 11.2 Å². The van der Waals surface area contributed by atoms with Crippen molar-refractivity contribution in [1.29, 1.82) is 0 Å². The minimum atomic E-state index is 0. The van der Waals surface area contributed by atoms with Gasteiger partial charge in [-0.25, -0.2) is 0 Å². The quantitative estimate of drug-likeness (QED) is 0.802. The first kappa shape index (κ1) is 20.5. The van der Waals surface area contributed by atoms with Gasteiger partial charge in [0.1, 0.15) is 0 Å². The third kappa shape index (κ3) is 5.86. The molecule has 1 saturated heterocycles. The second-order valence-electron chi connectivity index (χ2n) is 7.06. The minimum absolute atomic E-state index is 0. The van der Waals surface area contributed by atoms with E-state index >= 15 is 0 Å². The molecule has 1 heterocycles. The standard InChI is InChI=1S/C22H28N2O.ClH/c1-17-21(13-8-14-23-17)24-22(25)16-20(19-11-6-3-7-12-19)15-18-9-4-2-5-10-18;/h2-7,9-12,17,20-21,23H,8,13-16H2,1H3,(H,24,25);1H. The molecule has 3 atom stereocenters. The lowest BCUT2D eigenvalue weighted by Crippen LogP contribution is -2.52. The Morgan fingerprint density at radius 2 is 1.77 bits per heavy atom. The third-order valence-corrected chi connectivity index (χ3v) is 5.14. The van der Waals surface area contributed by atoms with E-state index in [9.17, 15) is 4.79 Å². The normalized spacial score (nSPS) is 20.7. The van der Waals surface area contributed by atoms with Crippen LogP contribution in [0.5, 0.6) is 0 Å². The summed E-state index contributed by atoms with van der Waals surface area (Å²) in [6.07, 6.45) is 3.61. The van der Waals surface area contributed by atoms with Crippen molar-refractivity contribution in [3.8, 4) is 0 Å². The van der Waals surface area contributed by atoms with E-state index < -0.39 is 0 Å². The number of hydrogen-bond acceptors (Lipinski definition) is 2. The summed E-state index contributed by atoms with van der Waals surface area (Å²) < 4.78 is 0. The maximum absolute atomic E-state index is 12.7. The Kier molecular flexibility index (Phi) is 8.14. The number of amides is 1. The number of benzene rings is 2. The van der Waals surface area contributed by atoms with Gasteiger partial charge in [-0.05, 0) is 49.8 Å². The molecule has 2 N–H and O–H groups in total. The Morgan fingerprint density at radius 3 is 2.42 bits per heavy atom. The van der Waals surface area contributed by atoms with Crippen molar-refractivity contribution >= 4 is 18.3 Å². The van der Waals surface area contributed by atoms with Gasteiger partial charge in [-0.1, -0.05) is 60.7 Å². The number of nitrogens with one attached hydrogen (secondary N) is 2. The van der Waals surface area contributed by atoms with E-state index in [1.807, 2.05) is 12.1 Å². The van der Waals surface area contributed by atoms with Crippen LogP contribution in [0, 0.1) is 0 Å². The Bertz CT molecular complexity index is 662. The van der Waals surface area contributed by atoms with E-state index in [0.717, 1.165) is 25.8 Å². The van der Waals surface area contributed by atoms with Gasteiger partial charge in [0.2, 0.25) is 5.91 Å². The molecule has 3 unspecified atom stereocenters. The average molecular weight is 373 g/mol. The van der Waals surface area contributed by atoms with Crippen molar-refractivity contribution in [3.63, 3.8) is 0 Å². The van der Waals surface area contributed by atoms with E-state index in [1.165, 1.54) is 11.1 Å². The van der Waals surface area contributed by atoms with Crippen molar-refractivity contribution < 1.29 is 4.79 Å². The number of rotatable bonds is 6. The summed E-state index contributed by atoms with van der Waals surface area (Å²) in [4.78, 5) is 12.7. The summed E-state index contributed by atoms with van der Waals surface area (Å²) in [7, 11) is 0. The molecule has 140 valence electrons. The SMILES string of the molecule is CC1NCCCC1NC(=O)CC(Cc1ccccc1)c1ccccc1.Cl. The molecular weight excluding hydrogens is 344 g/mol. The van der Waals surface area contributed by atoms with Crippen molar-refractivity contribution in [2.45, 2.75) is 50.6 Å². The summed E-state index contributed by atoms with van der Waals surface area (Å²) in [6, 6.07) is 21.4. The van der Waals surface area contributed by atoms with Crippen LogP contribution in [0.25, 0.3) is 0 Å². The topological polar surface area (TPSA) is 41.1 Å². The van der Waals surface area contributed by atoms with E-state index in [2.05, 4.69) is 66.1 Å². The molecule has 1 amide bonds. The fourth-order valence-corrected chi connectivity index (χ4v) is 3.66. The number of carbonyl (C=O) groups excluding carboxylic acids is 1. The minimum Gasteiger partial charge on any atom is -0.352 e. The van der Waals surface area contributed by atoms with Gasteiger partial charge >= 0.3 is 0 Å². The van der Waals surface area contributed by atoms with Gasteiger partial charge in [-0.2, -0.15) is 0 Å². The second-order valence-corrected chi connectivity index (χ2v) is 7.06. The van der Waals surface area contributed by atoms with Gasteiger partial charge in [0.15, 0.2) is 0 Å². The molecule has 1 aliphatic rings. The van der Waals surface area contributed by atoms with Crippen molar-refractivity contribution in [2.75, 3.05) is 6.54 Å². The zero-order valence-corrected chi connectivity index (χ0v) is 16.2. The molecule has 0 bridgehead atoms. The first-order chi connectivity index (χ1) is 12.2. The first-order valence-electron chi connectivity index (χ1n) is 9.34. The maximum Gasteiger partial charge on any atom is 0.220 e. The van der Waals surface area contributed by atoms with Crippen LogP contribution < -0.4 is 10.6 Å². The van der Waals surface area contributed by atoms with Crippen molar-refractivity contribution in [2.24, 2.45) is 0 Å². The summed E-state index contributed by atoms with van der Waals surface area (Å²) >= 11 is 0. The van der Waals surface area contributed by atoms with Crippen LogP contribution in [0.4, 0.5) is 0 Å². The van der Waals surface area contributed by atoms with Gasteiger partial charge in [-0.3, -0.25) is 4.79 Å². The number of carbonyl (C=O) groups is 1. The van der Waals surface area contributed by atoms with Crippen LogP contribution in [0.1, 0.15) is 43.2 Å². The predicted octanol–water partition coefficient (Wildman–Crippen LogP) is 4.08. The van der Waals surface area contributed by atoms with Gasteiger partial charge in [-0.15, -0.1) is 12.4 Å². The summed E-state index contributed by atoms with van der Waals surface area (Å²) in [6.45, 7) is 3.21. The zero-order chi connectivity index (χ0) is 17.5. The lowest BCUT2D eigenvalue weighted by molar-refractivity contribution is -0.122. The Hall–Kier alpha value is -1.84. The Labute approximate surface area is 163 Å². The molecule has 26 heavy (non-hydrogen) atoms. The van der Waals surface area contributed by atoms with E-state index in [1.54, 1.807) is 0 Å². The van der Waals surface area contributed by atoms with Crippen LogP contribution >= 0.6 is 12.4 Å². The molecule has 3 rings (SSSR count). The highest BCUT2D eigenvalue weighted by molar-refractivity contribution is 5.85. The highest BCUT2D eigenvalue weighted by Crippen LogP contribution is 2.24. The second kappa shape index (κ2) is 10.3. The summed E-state index contributed by atoms with van der Waals surface area (Å²) in [5, 5.41) is 6.70. The highest BCUT2D eigenvalue weighted by Gasteiger charge is 2.24. The van der Waals surface area contributed by atoms with Crippen LogP contribution in [0.2, 0.25) is 0 Å². The molecule has 0 aliphatic carbocycles. The van der Waals surface area contributed by atoms with Gasteiger partial charge in [0, 0.05) is 18.5 Å². The van der Waals surface area contributed by atoms with Gasteiger partial charge in [0.25, 0.3) is 0 Å². The molecule has 2 aromatic carbocycles. The molecule has 4 heteroatoms. The van der Waals surface area contributed by atoms with Crippen LogP contribution in [-0.4, -0.2) is 24.5 Å². The average Bonchev–Trinajstić information content (AvgIpc) is 2.65. The molecule has 1 fully saturated rings. The van der Waals surface area contributed by atoms with Crippen LogP contribution in [0.15, 0.2) is 60.7 Å². The molecule has 0 aromatic heterocycles. The van der Waals surface area contributed by atoms with Gasteiger partial charge in [0.05, 0.1) is 0 Å². The number of halogens is 1. The van der Waals surface area contributed by atoms with E-state index in [0.29, 0.717) is 12.5 Å². The predicted molar refractivity (Wildman–Crippen MR) is 110 cm³/mol. The summed E-state index contributed by atoms with van der Waals surface area (Å²) in [5.41, 5.74) is 2.51.